The lowest BCUT2D eigenvalue weighted by atomic mass is 10.2. The van der Waals surface area contributed by atoms with Crippen molar-refractivity contribution >= 4 is 0 Å². The number of hydrogen-bond donors (Lipinski definition) is 2. The molecule has 1 heterocycles. The van der Waals surface area contributed by atoms with E-state index in [-0.39, 0.29) is 18.7 Å². The minimum atomic E-state index is -1.20. The second-order valence-corrected chi connectivity index (χ2v) is 3.29. The smallest absolute Gasteiger partial charge is 0.188 e. The lowest BCUT2D eigenvalue weighted by molar-refractivity contribution is 0.486. The molecule has 0 saturated heterocycles. The van der Waals surface area contributed by atoms with E-state index in [4.69, 9.17) is 0 Å². The van der Waals surface area contributed by atoms with E-state index < -0.39 is 17.5 Å². The number of H-pyrrole nitrogens is 1. The average Bonchev–Trinajstić information content (AvgIpc) is 2.78. The Bertz CT molecular complexity index is 500. The molecule has 1 aromatic heterocycles. The number of aromatic amines is 1. The third-order valence-corrected chi connectivity index (χ3v) is 2.08. The fourth-order valence-corrected chi connectivity index (χ4v) is 1.27. The zero-order valence-corrected chi connectivity index (χ0v) is 8.54. The van der Waals surface area contributed by atoms with E-state index in [1.165, 1.54) is 0 Å². The number of halogens is 3. The van der Waals surface area contributed by atoms with Crippen LogP contribution in [0.15, 0.2) is 12.1 Å². The molecule has 0 radical (unpaired) electrons. The Morgan fingerprint density at radius 3 is 2.53 bits per heavy atom. The van der Waals surface area contributed by atoms with Crippen LogP contribution < -0.4 is 5.32 Å². The topological polar surface area (TPSA) is 66.5 Å². The summed E-state index contributed by atoms with van der Waals surface area (Å²) in [5, 5.41) is 15.7. The van der Waals surface area contributed by atoms with Crippen molar-refractivity contribution in [3.8, 4) is 0 Å². The number of tetrazole rings is 1. The fourth-order valence-electron chi connectivity index (χ4n) is 1.27. The van der Waals surface area contributed by atoms with Gasteiger partial charge in [0.05, 0.1) is 6.54 Å². The Hall–Kier alpha value is -1.96. The maximum absolute atomic E-state index is 13.2. The van der Waals surface area contributed by atoms with Crippen LogP contribution in [0.1, 0.15) is 11.4 Å². The predicted octanol–water partition coefficient (Wildman–Crippen LogP) is 0.907. The van der Waals surface area contributed by atoms with Crippen LogP contribution in [-0.2, 0) is 13.1 Å². The minimum absolute atomic E-state index is 0.0346. The summed E-state index contributed by atoms with van der Waals surface area (Å²) in [4.78, 5) is 0. The highest BCUT2D eigenvalue weighted by molar-refractivity contribution is 5.19. The number of nitrogens with one attached hydrogen (secondary N) is 2. The monoisotopic (exact) mass is 243 g/mol. The fraction of sp³-hybridized carbons (Fsp3) is 0.222. The van der Waals surface area contributed by atoms with Gasteiger partial charge in [-0.1, -0.05) is 5.21 Å². The third-order valence-electron chi connectivity index (χ3n) is 2.08. The third kappa shape index (κ3) is 2.78. The molecule has 0 fully saturated rings. The quantitative estimate of drug-likeness (QED) is 0.783. The van der Waals surface area contributed by atoms with E-state index in [1.54, 1.807) is 0 Å². The molecule has 0 saturated carbocycles. The number of rotatable bonds is 4. The van der Waals surface area contributed by atoms with Gasteiger partial charge in [-0.05, 0) is 6.07 Å². The van der Waals surface area contributed by atoms with Crippen LogP contribution in [0.25, 0.3) is 0 Å². The van der Waals surface area contributed by atoms with Gasteiger partial charge in [-0.25, -0.2) is 13.2 Å². The van der Waals surface area contributed by atoms with Crippen LogP contribution >= 0.6 is 0 Å². The zero-order valence-electron chi connectivity index (χ0n) is 8.54. The first-order valence-electron chi connectivity index (χ1n) is 4.73. The predicted molar refractivity (Wildman–Crippen MR) is 51.0 cm³/mol. The first kappa shape index (κ1) is 11.5. The first-order chi connectivity index (χ1) is 8.16. The van der Waals surface area contributed by atoms with E-state index in [0.29, 0.717) is 11.9 Å². The second-order valence-electron chi connectivity index (χ2n) is 3.29. The van der Waals surface area contributed by atoms with Crippen LogP contribution in [0.3, 0.4) is 0 Å². The Balaban J connectivity index is 1.97. The van der Waals surface area contributed by atoms with Gasteiger partial charge in [0.15, 0.2) is 17.5 Å². The average molecular weight is 243 g/mol. The van der Waals surface area contributed by atoms with Gasteiger partial charge < -0.3 is 5.32 Å². The first-order valence-corrected chi connectivity index (χ1v) is 4.73. The molecule has 5 nitrogen and oxygen atoms in total. The van der Waals surface area contributed by atoms with Gasteiger partial charge in [0, 0.05) is 18.2 Å². The van der Waals surface area contributed by atoms with Crippen molar-refractivity contribution in [2.45, 2.75) is 13.1 Å². The molecule has 0 aliphatic heterocycles. The molecule has 0 spiro atoms. The Labute approximate surface area is 94.0 Å². The summed E-state index contributed by atoms with van der Waals surface area (Å²) in [6.45, 7) is 0.284. The standard InChI is InChI=1S/C9H8F3N5/c10-6-2-8(12)7(11)1-5(6)3-13-4-9-14-16-17-15-9/h1-2,13H,3-4H2,(H,14,15,16,17). The van der Waals surface area contributed by atoms with Crippen LogP contribution in [0, 0.1) is 17.5 Å². The number of aromatic nitrogens is 4. The van der Waals surface area contributed by atoms with Crippen molar-refractivity contribution in [1.29, 1.82) is 0 Å². The van der Waals surface area contributed by atoms with Gasteiger partial charge in [-0.3, -0.25) is 0 Å². The Morgan fingerprint density at radius 1 is 1.06 bits per heavy atom. The van der Waals surface area contributed by atoms with Gasteiger partial charge in [0.25, 0.3) is 0 Å². The molecule has 0 bridgehead atoms. The van der Waals surface area contributed by atoms with Gasteiger partial charge in [0.2, 0.25) is 0 Å². The molecular formula is C9H8F3N5. The van der Waals surface area contributed by atoms with Crippen molar-refractivity contribution in [1.82, 2.24) is 25.9 Å². The van der Waals surface area contributed by atoms with Crippen LogP contribution in [0.5, 0.6) is 0 Å². The molecular weight excluding hydrogens is 235 g/mol. The summed E-state index contributed by atoms with van der Waals surface area (Å²) < 4.78 is 38.7. The van der Waals surface area contributed by atoms with E-state index in [2.05, 4.69) is 25.9 Å². The SMILES string of the molecule is Fc1cc(F)c(CNCc2nn[nH]n2)cc1F. The molecule has 90 valence electrons. The molecule has 2 rings (SSSR count). The summed E-state index contributed by atoms with van der Waals surface area (Å²) in [6.07, 6.45) is 0. The number of nitrogens with zero attached hydrogens (tertiary/aromatic N) is 3. The molecule has 2 aromatic rings. The molecule has 0 unspecified atom stereocenters. The van der Waals surface area contributed by atoms with Gasteiger partial charge in [0.1, 0.15) is 5.82 Å². The van der Waals surface area contributed by atoms with E-state index in [1.807, 2.05) is 0 Å². The maximum atomic E-state index is 13.2. The number of hydrogen-bond acceptors (Lipinski definition) is 4. The molecule has 17 heavy (non-hydrogen) atoms. The summed E-state index contributed by atoms with van der Waals surface area (Å²) in [5.74, 6) is -2.69. The van der Waals surface area contributed by atoms with Gasteiger partial charge in [-0.15, -0.1) is 10.2 Å². The molecule has 0 aliphatic carbocycles. The molecule has 8 heteroatoms. The van der Waals surface area contributed by atoms with Crippen molar-refractivity contribution < 1.29 is 13.2 Å². The van der Waals surface area contributed by atoms with Crippen molar-refractivity contribution in [2.24, 2.45) is 0 Å². The van der Waals surface area contributed by atoms with Gasteiger partial charge >= 0.3 is 0 Å². The molecule has 0 amide bonds. The normalized spacial score (nSPS) is 10.8. The molecule has 0 aliphatic rings. The van der Waals surface area contributed by atoms with Crippen LogP contribution in [-0.4, -0.2) is 20.6 Å². The molecule has 0 atom stereocenters. The van der Waals surface area contributed by atoms with E-state index in [0.717, 1.165) is 6.07 Å². The second kappa shape index (κ2) is 4.91. The highest BCUT2D eigenvalue weighted by Gasteiger charge is 2.09. The lowest BCUT2D eigenvalue weighted by Crippen LogP contribution is -2.15. The van der Waals surface area contributed by atoms with Crippen molar-refractivity contribution in [2.75, 3.05) is 0 Å². The largest absolute Gasteiger partial charge is 0.305 e. The van der Waals surface area contributed by atoms with E-state index >= 15 is 0 Å². The van der Waals surface area contributed by atoms with Crippen molar-refractivity contribution in [3.05, 3.63) is 41.0 Å². The van der Waals surface area contributed by atoms with Crippen LogP contribution in [0.2, 0.25) is 0 Å². The van der Waals surface area contributed by atoms with Gasteiger partial charge in [-0.2, -0.15) is 5.21 Å². The summed E-state index contributed by atoms with van der Waals surface area (Å²) in [5.41, 5.74) is 0.0346. The van der Waals surface area contributed by atoms with Crippen LogP contribution in [0.4, 0.5) is 13.2 Å². The highest BCUT2D eigenvalue weighted by Crippen LogP contribution is 2.13. The maximum Gasteiger partial charge on any atom is 0.188 e. The lowest BCUT2D eigenvalue weighted by Gasteiger charge is -2.04. The molecule has 2 N–H and O–H groups in total. The molecule has 1 aromatic carbocycles. The summed E-state index contributed by atoms with van der Waals surface area (Å²) in [6, 6.07) is 1.33. The highest BCUT2D eigenvalue weighted by atomic mass is 19.2. The summed E-state index contributed by atoms with van der Waals surface area (Å²) >= 11 is 0. The number of benzene rings is 1. The zero-order chi connectivity index (χ0) is 12.3. The van der Waals surface area contributed by atoms with E-state index in [9.17, 15) is 13.2 Å². The minimum Gasteiger partial charge on any atom is -0.305 e. The van der Waals surface area contributed by atoms with Crippen molar-refractivity contribution in [3.63, 3.8) is 0 Å². The Morgan fingerprint density at radius 2 is 1.82 bits per heavy atom. The Kier molecular flexibility index (Phi) is 3.33. The summed E-state index contributed by atoms with van der Waals surface area (Å²) in [7, 11) is 0.